The molecule has 1 saturated heterocycles. The maximum absolute atomic E-state index is 13.0. The Hall–Kier alpha value is -3.39. The number of benzene rings is 2. The molecule has 0 saturated carbocycles. The Kier molecular flexibility index (Phi) is 5.77. The zero-order valence-electron chi connectivity index (χ0n) is 17.8. The number of nitrogens with zero attached hydrogens (tertiary/aromatic N) is 4. The number of imidazole rings is 1. The first-order valence-electron chi connectivity index (χ1n) is 10.7. The van der Waals surface area contributed by atoms with Gasteiger partial charge in [0, 0.05) is 42.0 Å². The third-order valence-corrected chi connectivity index (χ3v) is 6.58. The summed E-state index contributed by atoms with van der Waals surface area (Å²) >= 11 is 1.50. The number of piperidine rings is 1. The highest BCUT2D eigenvalue weighted by Gasteiger charge is 2.27. The van der Waals surface area contributed by atoms with Gasteiger partial charge in [-0.1, -0.05) is 12.1 Å². The van der Waals surface area contributed by atoms with Gasteiger partial charge >= 0.3 is 6.03 Å². The van der Waals surface area contributed by atoms with Crippen molar-refractivity contribution >= 4 is 34.5 Å². The fourth-order valence-electron chi connectivity index (χ4n) is 4.03. The van der Waals surface area contributed by atoms with Crippen LogP contribution >= 0.6 is 11.8 Å². The van der Waals surface area contributed by atoms with Crippen molar-refractivity contribution in [2.75, 3.05) is 18.4 Å². The molecule has 1 aliphatic rings. The predicted octanol–water partition coefficient (Wildman–Crippen LogP) is 5.22. The maximum Gasteiger partial charge on any atom is 0.321 e. The largest absolute Gasteiger partial charge is 0.342 e. The van der Waals surface area contributed by atoms with Gasteiger partial charge in [0.1, 0.15) is 5.82 Å². The number of fused-ring (bicyclic) bond motifs is 1. The second-order valence-corrected chi connectivity index (χ2v) is 9.01. The first-order chi connectivity index (χ1) is 15.7. The van der Waals surface area contributed by atoms with Crippen LogP contribution in [0.2, 0.25) is 0 Å². The number of carbonyl (C=O) groups excluding carboxylic acids is 1. The summed E-state index contributed by atoms with van der Waals surface area (Å²) in [5, 5.41) is 3.79. The summed E-state index contributed by atoms with van der Waals surface area (Å²) < 4.78 is 0. The van der Waals surface area contributed by atoms with Crippen LogP contribution in [0.25, 0.3) is 11.0 Å². The first-order valence-corrected chi connectivity index (χ1v) is 11.5. The van der Waals surface area contributed by atoms with E-state index in [0.717, 1.165) is 52.4 Å². The SMILES string of the molecule is Cc1cc(Sc2ncccn2)ccc1NC(=O)N1CCCC(c2nc3ccccc3[nH]2)C1. The van der Waals surface area contributed by atoms with Gasteiger partial charge < -0.3 is 15.2 Å². The lowest BCUT2D eigenvalue weighted by Crippen LogP contribution is -2.41. The number of urea groups is 1. The van der Waals surface area contributed by atoms with Crippen LogP contribution in [-0.4, -0.2) is 44.0 Å². The molecule has 2 aromatic carbocycles. The number of aromatic nitrogens is 4. The van der Waals surface area contributed by atoms with Gasteiger partial charge in [-0.3, -0.25) is 0 Å². The smallest absolute Gasteiger partial charge is 0.321 e. The lowest BCUT2D eigenvalue weighted by atomic mass is 9.97. The molecule has 0 bridgehead atoms. The topological polar surface area (TPSA) is 86.8 Å². The monoisotopic (exact) mass is 444 g/mol. The summed E-state index contributed by atoms with van der Waals surface area (Å²) in [6.07, 6.45) is 5.44. The Morgan fingerprint density at radius 3 is 2.81 bits per heavy atom. The van der Waals surface area contributed by atoms with E-state index in [1.54, 1.807) is 18.5 Å². The van der Waals surface area contributed by atoms with Crippen LogP contribution in [0.15, 0.2) is 71.0 Å². The zero-order valence-corrected chi connectivity index (χ0v) is 18.6. The van der Waals surface area contributed by atoms with E-state index in [-0.39, 0.29) is 11.9 Å². The van der Waals surface area contributed by atoms with Crippen LogP contribution in [0.3, 0.4) is 0 Å². The van der Waals surface area contributed by atoms with Gasteiger partial charge in [0.05, 0.1) is 11.0 Å². The van der Waals surface area contributed by atoms with Crippen molar-refractivity contribution in [2.45, 2.75) is 35.7 Å². The second kappa shape index (κ2) is 9.00. The molecule has 3 heterocycles. The number of rotatable bonds is 4. The summed E-state index contributed by atoms with van der Waals surface area (Å²) in [5.74, 6) is 1.18. The number of aromatic amines is 1. The van der Waals surface area contributed by atoms with Crippen LogP contribution in [0, 0.1) is 6.92 Å². The highest BCUT2D eigenvalue weighted by molar-refractivity contribution is 7.99. The number of amides is 2. The van der Waals surface area contributed by atoms with Crippen molar-refractivity contribution in [1.82, 2.24) is 24.8 Å². The molecular formula is C24H24N6OS. The number of anilines is 1. The van der Waals surface area contributed by atoms with E-state index in [2.05, 4.69) is 20.3 Å². The fraction of sp³-hybridized carbons (Fsp3) is 0.250. The number of carbonyl (C=O) groups is 1. The molecule has 2 amide bonds. The van der Waals surface area contributed by atoms with Gasteiger partial charge in [-0.05, 0) is 73.5 Å². The highest BCUT2D eigenvalue weighted by atomic mass is 32.2. The molecule has 162 valence electrons. The normalized spacial score (nSPS) is 16.3. The minimum absolute atomic E-state index is 0.0688. The summed E-state index contributed by atoms with van der Waals surface area (Å²) in [4.78, 5) is 32.6. The Morgan fingerprint density at radius 1 is 1.16 bits per heavy atom. The lowest BCUT2D eigenvalue weighted by molar-refractivity contribution is 0.191. The van der Waals surface area contributed by atoms with Gasteiger partial charge in [-0.2, -0.15) is 0 Å². The summed E-state index contributed by atoms with van der Waals surface area (Å²) in [6, 6.07) is 15.7. The number of hydrogen-bond donors (Lipinski definition) is 2. The van der Waals surface area contributed by atoms with Crippen molar-refractivity contribution in [1.29, 1.82) is 0 Å². The molecule has 7 nitrogen and oxygen atoms in total. The average molecular weight is 445 g/mol. The summed E-state index contributed by atoms with van der Waals surface area (Å²) in [5.41, 5.74) is 3.83. The predicted molar refractivity (Wildman–Crippen MR) is 126 cm³/mol. The maximum atomic E-state index is 13.0. The minimum atomic E-state index is -0.0688. The van der Waals surface area contributed by atoms with Crippen molar-refractivity contribution in [3.05, 3.63) is 72.3 Å². The van der Waals surface area contributed by atoms with E-state index in [0.29, 0.717) is 11.7 Å². The van der Waals surface area contributed by atoms with Crippen molar-refractivity contribution in [3.63, 3.8) is 0 Å². The standard InChI is InChI=1S/C24H24N6OS/c1-16-14-18(32-23-25-11-5-12-26-23)9-10-19(16)29-24(31)30-13-4-6-17(15-30)22-27-20-7-2-3-8-21(20)28-22/h2-3,5,7-12,14,17H,4,6,13,15H2,1H3,(H,27,28)(H,29,31). The minimum Gasteiger partial charge on any atom is -0.342 e. The molecule has 0 radical (unpaired) electrons. The van der Waals surface area contributed by atoms with E-state index in [1.165, 1.54) is 11.8 Å². The van der Waals surface area contributed by atoms with E-state index in [4.69, 9.17) is 4.98 Å². The number of para-hydroxylation sites is 2. The Morgan fingerprint density at radius 2 is 2.00 bits per heavy atom. The number of H-pyrrole nitrogens is 1. The van der Waals surface area contributed by atoms with E-state index in [1.807, 2.05) is 54.3 Å². The first kappa shape index (κ1) is 20.5. The van der Waals surface area contributed by atoms with Gasteiger partial charge in [0.2, 0.25) is 0 Å². The van der Waals surface area contributed by atoms with Gasteiger partial charge in [0.15, 0.2) is 5.16 Å². The van der Waals surface area contributed by atoms with Crippen molar-refractivity contribution < 1.29 is 4.79 Å². The molecule has 4 aromatic rings. The highest BCUT2D eigenvalue weighted by Crippen LogP contribution is 2.29. The third kappa shape index (κ3) is 4.45. The molecule has 0 aliphatic carbocycles. The molecule has 1 unspecified atom stereocenters. The fourth-order valence-corrected chi connectivity index (χ4v) is 4.84. The molecule has 0 spiro atoms. The van der Waals surface area contributed by atoms with Gasteiger partial charge in [-0.25, -0.2) is 19.7 Å². The summed E-state index contributed by atoms with van der Waals surface area (Å²) in [7, 11) is 0. The molecule has 1 atom stereocenters. The van der Waals surface area contributed by atoms with E-state index < -0.39 is 0 Å². The number of hydrogen-bond acceptors (Lipinski definition) is 5. The van der Waals surface area contributed by atoms with Crippen LogP contribution in [0.5, 0.6) is 0 Å². The number of aryl methyl sites for hydroxylation is 1. The Balaban J connectivity index is 1.25. The van der Waals surface area contributed by atoms with Crippen molar-refractivity contribution in [3.8, 4) is 0 Å². The molecule has 32 heavy (non-hydrogen) atoms. The molecular weight excluding hydrogens is 420 g/mol. The van der Waals surface area contributed by atoms with Gasteiger partial charge in [0.25, 0.3) is 0 Å². The third-order valence-electron chi connectivity index (χ3n) is 5.69. The Labute approximate surface area is 190 Å². The second-order valence-electron chi connectivity index (χ2n) is 7.96. The van der Waals surface area contributed by atoms with Crippen LogP contribution in [-0.2, 0) is 0 Å². The van der Waals surface area contributed by atoms with Crippen molar-refractivity contribution in [2.24, 2.45) is 0 Å². The Bertz CT molecular complexity index is 1210. The molecule has 1 fully saturated rings. The quantitative estimate of drug-likeness (QED) is 0.421. The average Bonchev–Trinajstić information content (AvgIpc) is 3.26. The molecule has 2 N–H and O–H groups in total. The number of nitrogens with one attached hydrogen (secondary N) is 2. The molecule has 1 aliphatic heterocycles. The molecule has 2 aromatic heterocycles. The molecule has 5 rings (SSSR count). The van der Waals surface area contributed by atoms with E-state index in [9.17, 15) is 4.79 Å². The molecule has 8 heteroatoms. The summed E-state index contributed by atoms with van der Waals surface area (Å²) in [6.45, 7) is 3.41. The lowest BCUT2D eigenvalue weighted by Gasteiger charge is -2.32. The number of likely N-dealkylation sites (tertiary alicyclic amines) is 1. The van der Waals surface area contributed by atoms with E-state index >= 15 is 0 Å². The van der Waals surface area contributed by atoms with Crippen LogP contribution in [0.1, 0.15) is 30.1 Å². The zero-order chi connectivity index (χ0) is 21.9. The van der Waals surface area contributed by atoms with Crippen LogP contribution in [0.4, 0.5) is 10.5 Å². The van der Waals surface area contributed by atoms with Crippen LogP contribution < -0.4 is 5.32 Å². The van der Waals surface area contributed by atoms with Gasteiger partial charge in [-0.15, -0.1) is 0 Å².